The van der Waals surface area contributed by atoms with Crippen LogP contribution in [0.1, 0.15) is 6.92 Å². The third-order valence-electron chi connectivity index (χ3n) is 1.45. The second-order valence-corrected chi connectivity index (χ2v) is 2.87. The van der Waals surface area contributed by atoms with Crippen LogP contribution >= 0.6 is 11.6 Å². The van der Waals surface area contributed by atoms with Crippen LogP contribution in [0.3, 0.4) is 0 Å². The van der Waals surface area contributed by atoms with E-state index in [4.69, 9.17) is 11.6 Å². The molecule has 0 aliphatic rings. The standard InChI is InChI=1S/C8H9ClN2O3/c1-2-14-8(13)4-11-5-10-6(9)3-7(11)12/h3,5H,2,4H2,1H3. The molecular formula is C8H9ClN2O3. The number of halogens is 1. The molecule has 0 aliphatic heterocycles. The van der Waals surface area contributed by atoms with Crippen LogP contribution in [-0.2, 0) is 16.1 Å². The summed E-state index contributed by atoms with van der Waals surface area (Å²) in [5, 5.41) is 0.107. The molecule has 1 aromatic rings. The molecule has 6 heteroatoms. The fourth-order valence-corrected chi connectivity index (χ4v) is 1.01. The highest BCUT2D eigenvalue weighted by atomic mass is 35.5. The molecule has 0 unspecified atom stereocenters. The van der Waals surface area contributed by atoms with Gasteiger partial charge in [-0.25, -0.2) is 4.98 Å². The minimum atomic E-state index is -0.473. The lowest BCUT2D eigenvalue weighted by Crippen LogP contribution is -2.24. The number of aromatic nitrogens is 2. The van der Waals surface area contributed by atoms with Crippen LogP contribution in [-0.4, -0.2) is 22.1 Å². The Labute approximate surface area is 85.3 Å². The van der Waals surface area contributed by atoms with E-state index < -0.39 is 5.97 Å². The molecule has 0 radical (unpaired) electrons. The third kappa shape index (κ3) is 2.85. The van der Waals surface area contributed by atoms with Crippen LogP contribution in [0.15, 0.2) is 17.2 Å². The highest BCUT2D eigenvalue weighted by Gasteiger charge is 2.05. The van der Waals surface area contributed by atoms with Crippen molar-refractivity contribution >= 4 is 17.6 Å². The predicted molar refractivity (Wildman–Crippen MR) is 50.1 cm³/mol. The van der Waals surface area contributed by atoms with Gasteiger partial charge in [0, 0.05) is 6.07 Å². The molecule has 0 amide bonds. The van der Waals surface area contributed by atoms with Gasteiger partial charge in [0.25, 0.3) is 5.56 Å². The summed E-state index contributed by atoms with van der Waals surface area (Å²) in [7, 11) is 0. The Kier molecular flexibility index (Phi) is 3.64. The normalized spacial score (nSPS) is 9.86. The largest absolute Gasteiger partial charge is 0.465 e. The predicted octanol–water partition coefficient (Wildman–Crippen LogP) is 0.460. The lowest BCUT2D eigenvalue weighted by Gasteiger charge is -2.03. The Bertz CT molecular complexity index is 388. The van der Waals surface area contributed by atoms with E-state index in [1.54, 1.807) is 6.92 Å². The number of ether oxygens (including phenoxy) is 1. The fraction of sp³-hybridized carbons (Fsp3) is 0.375. The SMILES string of the molecule is CCOC(=O)Cn1cnc(Cl)cc1=O. The fourth-order valence-electron chi connectivity index (χ4n) is 0.868. The highest BCUT2D eigenvalue weighted by Crippen LogP contribution is 1.96. The first-order valence-electron chi connectivity index (χ1n) is 4.01. The van der Waals surface area contributed by atoms with E-state index in [1.807, 2.05) is 0 Å². The summed E-state index contributed by atoms with van der Waals surface area (Å²) in [6, 6.07) is 1.14. The number of hydrogen-bond acceptors (Lipinski definition) is 4. The maximum atomic E-state index is 11.2. The molecule has 0 bridgehead atoms. The summed E-state index contributed by atoms with van der Waals surface area (Å²) in [4.78, 5) is 25.9. The van der Waals surface area contributed by atoms with E-state index in [-0.39, 0.29) is 23.9 Å². The van der Waals surface area contributed by atoms with Crippen molar-refractivity contribution in [1.82, 2.24) is 9.55 Å². The molecule has 14 heavy (non-hydrogen) atoms. The van der Waals surface area contributed by atoms with Crippen molar-refractivity contribution in [3.05, 3.63) is 27.9 Å². The number of nitrogens with zero attached hydrogens (tertiary/aromatic N) is 2. The van der Waals surface area contributed by atoms with Crippen molar-refractivity contribution in [2.24, 2.45) is 0 Å². The summed E-state index contributed by atoms with van der Waals surface area (Å²) < 4.78 is 5.80. The van der Waals surface area contributed by atoms with Gasteiger partial charge in [-0.2, -0.15) is 0 Å². The van der Waals surface area contributed by atoms with E-state index in [0.29, 0.717) is 0 Å². The molecule has 1 rings (SSSR count). The maximum Gasteiger partial charge on any atom is 0.326 e. The molecule has 0 saturated heterocycles. The Morgan fingerprint density at radius 1 is 1.71 bits per heavy atom. The van der Waals surface area contributed by atoms with Crippen LogP contribution < -0.4 is 5.56 Å². The maximum absolute atomic E-state index is 11.2. The molecule has 76 valence electrons. The van der Waals surface area contributed by atoms with Gasteiger partial charge in [0.1, 0.15) is 11.7 Å². The minimum Gasteiger partial charge on any atom is -0.465 e. The van der Waals surface area contributed by atoms with Crippen molar-refractivity contribution in [2.75, 3.05) is 6.61 Å². The van der Waals surface area contributed by atoms with Crippen molar-refractivity contribution < 1.29 is 9.53 Å². The zero-order valence-corrected chi connectivity index (χ0v) is 8.32. The number of rotatable bonds is 3. The van der Waals surface area contributed by atoms with E-state index in [9.17, 15) is 9.59 Å². The van der Waals surface area contributed by atoms with Gasteiger partial charge in [-0.15, -0.1) is 0 Å². The molecule has 0 atom stereocenters. The molecule has 0 fully saturated rings. The van der Waals surface area contributed by atoms with Crippen molar-refractivity contribution in [3.63, 3.8) is 0 Å². The first-order chi connectivity index (χ1) is 6.63. The topological polar surface area (TPSA) is 61.2 Å². The lowest BCUT2D eigenvalue weighted by atomic mass is 10.5. The zero-order chi connectivity index (χ0) is 10.6. The quantitative estimate of drug-likeness (QED) is 0.544. The Morgan fingerprint density at radius 2 is 2.43 bits per heavy atom. The number of carbonyl (C=O) groups is 1. The number of carbonyl (C=O) groups excluding carboxylic acids is 1. The van der Waals surface area contributed by atoms with E-state index >= 15 is 0 Å². The lowest BCUT2D eigenvalue weighted by molar-refractivity contribution is -0.143. The van der Waals surface area contributed by atoms with E-state index in [1.165, 1.54) is 6.33 Å². The van der Waals surface area contributed by atoms with Gasteiger partial charge in [0.15, 0.2) is 0 Å². The average Bonchev–Trinajstić information content (AvgIpc) is 2.10. The van der Waals surface area contributed by atoms with Crippen LogP contribution in [0.25, 0.3) is 0 Å². The second kappa shape index (κ2) is 4.76. The van der Waals surface area contributed by atoms with Crippen molar-refractivity contribution in [2.45, 2.75) is 13.5 Å². The third-order valence-corrected chi connectivity index (χ3v) is 1.66. The number of esters is 1. The van der Waals surface area contributed by atoms with E-state index in [0.717, 1.165) is 10.6 Å². The summed E-state index contributed by atoms with van der Waals surface area (Å²) in [5.74, 6) is -0.473. The van der Waals surface area contributed by atoms with E-state index in [2.05, 4.69) is 9.72 Å². The Morgan fingerprint density at radius 3 is 3.00 bits per heavy atom. The van der Waals surface area contributed by atoms with Crippen LogP contribution in [0, 0.1) is 0 Å². The Hall–Kier alpha value is -1.36. The molecule has 0 N–H and O–H groups in total. The second-order valence-electron chi connectivity index (χ2n) is 2.48. The van der Waals surface area contributed by atoms with Gasteiger partial charge in [0.2, 0.25) is 0 Å². The molecular weight excluding hydrogens is 208 g/mol. The molecule has 0 saturated carbocycles. The monoisotopic (exact) mass is 216 g/mol. The molecule has 5 nitrogen and oxygen atoms in total. The van der Waals surface area contributed by atoms with Gasteiger partial charge < -0.3 is 4.74 Å². The highest BCUT2D eigenvalue weighted by molar-refractivity contribution is 6.29. The van der Waals surface area contributed by atoms with Gasteiger partial charge in [0.05, 0.1) is 12.9 Å². The zero-order valence-electron chi connectivity index (χ0n) is 7.57. The van der Waals surface area contributed by atoms with Crippen LogP contribution in [0.4, 0.5) is 0 Å². The first kappa shape index (κ1) is 10.7. The van der Waals surface area contributed by atoms with Crippen molar-refractivity contribution in [3.8, 4) is 0 Å². The molecule has 1 heterocycles. The first-order valence-corrected chi connectivity index (χ1v) is 4.39. The molecule has 1 aromatic heterocycles. The summed E-state index contributed by atoms with van der Waals surface area (Å²) in [6.07, 6.45) is 1.21. The summed E-state index contributed by atoms with van der Waals surface area (Å²) >= 11 is 5.47. The molecule has 0 spiro atoms. The Balaban J connectivity index is 2.77. The minimum absolute atomic E-state index is 0.107. The average molecular weight is 217 g/mol. The van der Waals surface area contributed by atoms with Gasteiger partial charge in [-0.05, 0) is 6.92 Å². The van der Waals surface area contributed by atoms with Crippen molar-refractivity contribution in [1.29, 1.82) is 0 Å². The summed E-state index contributed by atoms with van der Waals surface area (Å²) in [6.45, 7) is 1.84. The smallest absolute Gasteiger partial charge is 0.326 e. The summed E-state index contributed by atoms with van der Waals surface area (Å²) in [5.41, 5.74) is -0.377. The molecule has 0 aromatic carbocycles. The number of hydrogen-bond donors (Lipinski definition) is 0. The van der Waals surface area contributed by atoms with Gasteiger partial charge in [-0.3, -0.25) is 14.2 Å². The van der Waals surface area contributed by atoms with Gasteiger partial charge in [-0.1, -0.05) is 11.6 Å². The van der Waals surface area contributed by atoms with Gasteiger partial charge >= 0.3 is 5.97 Å². The molecule has 0 aliphatic carbocycles. The van der Waals surface area contributed by atoms with Crippen LogP contribution in [0.5, 0.6) is 0 Å². The van der Waals surface area contributed by atoms with Crippen LogP contribution in [0.2, 0.25) is 5.15 Å².